The predicted octanol–water partition coefficient (Wildman–Crippen LogP) is 4.48. The number of carbonyl (C=O) groups excluding carboxylic acids is 2. The van der Waals surface area contributed by atoms with E-state index in [4.69, 9.17) is 23.4 Å². The second-order valence-corrected chi connectivity index (χ2v) is 7.54. The summed E-state index contributed by atoms with van der Waals surface area (Å²) in [4.78, 5) is 29.2. The van der Waals surface area contributed by atoms with Gasteiger partial charge in [0.25, 0.3) is 5.91 Å². The van der Waals surface area contributed by atoms with Gasteiger partial charge in [-0.1, -0.05) is 6.07 Å². The summed E-state index contributed by atoms with van der Waals surface area (Å²) in [5.41, 5.74) is 2.18. The molecular weight excluding hydrogens is 452 g/mol. The molecule has 4 aromatic rings. The summed E-state index contributed by atoms with van der Waals surface area (Å²) >= 11 is 0. The molecule has 2 aromatic carbocycles. The second-order valence-electron chi connectivity index (χ2n) is 7.54. The lowest BCUT2D eigenvalue weighted by atomic mass is 10.1. The van der Waals surface area contributed by atoms with Crippen molar-refractivity contribution in [3.63, 3.8) is 0 Å². The number of carbonyl (C=O) groups is 2. The molecule has 35 heavy (non-hydrogen) atoms. The largest absolute Gasteiger partial charge is 0.495 e. The van der Waals surface area contributed by atoms with Crippen LogP contribution in [0.25, 0.3) is 17.0 Å². The van der Waals surface area contributed by atoms with E-state index in [1.807, 2.05) is 0 Å². The van der Waals surface area contributed by atoms with Gasteiger partial charge in [0.15, 0.2) is 23.9 Å². The molecule has 0 saturated heterocycles. The average Bonchev–Trinajstić information content (AvgIpc) is 3.46. The van der Waals surface area contributed by atoms with Crippen LogP contribution in [-0.4, -0.2) is 37.5 Å². The van der Waals surface area contributed by atoms with Crippen molar-refractivity contribution in [2.45, 2.75) is 0 Å². The molecule has 0 spiro atoms. The molecule has 0 aliphatic carbocycles. The van der Waals surface area contributed by atoms with Gasteiger partial charge < -0.3 is 28.7 Å². The first-order chi connectivity index (χ1) is 17.1. The van der Waals surface area contributed by atoms with E-state index < -0.39 is 0 Å². The zero-order valence-corrected chi connectivity index (χ0v) is 18.9. The van der Waals surface area contributed by atoms with Gasteiger partial charge >= 0.3 is 0 Å². The number of amides is 1. The summed E-state index contributed by atoms with van der Waals surface area (Å²) in [6, 6.07) is 11.8. The number of aromatic nitrogens is 1. The van der Waals surface area contributed by atoms with Crippen molar-refractivity contribution in [2.75, 3.05) is 26.1 Å². The third kappa shape index (κ3) is 4.26. The summed E-state index contributed by atoms with van der Waals surface area (Å²) in [5.74, 6) is 1.06. The highest BCUT2D eigenvalue weighted by Gasteiger charge is 2.33. The quantitative estimate of drug-likeness (QED) is 0.392. The Bertz CT molecular complexity index is 1460. The molecule has 5 rings (SSSR count). The molecule has 0 fully saturated rings. The van der Waals surface area contributed by atoms with Crippen molar-refractivity contribution in [3.05, 3.63) is 78.0 Å². The topological polar surface area (TPSA) is 109 Å². The van der Waals surface area contributed by atoms with Crippen LogP contribution in [0.1, 0.15) is 15.9 Å². The highest BCUT2D eigenvalue weighted by molar-refractivity contribution is 6.18. The Morgan fingerprint density at radius 2 is 1.89 bits per heavy atom. The molecule has 0 atom stereocenters. The number of hydrogen-bond donors (Lipinski definition) is 1. The number of methoxy groups -OCH3 is 2. The Balaban J connectivity index is 1.34. The van der Waals surface area contributed by atoms with E-state index in [-0.39, 0.29) is 24.1 Å². The maximum atomic E-state index is 13.1. The number of allylic oxidation sites excluding steroid dienone is 1. The van der Waals surface area contributed by atoms with Crippen molar-refractivity contribution in [2.24, 2.45) is 0 Å². The van der Waals surface area contributed by atoms with Gasteiger partial charge in [-0.25, -0.2) is 0 Å². The number of ether oxygens (including phenoxy) is 4. The van der Waals surface area contributed by atoms with Crippen molar-refractivity contribution >= 4 is 34.4 Å². The molecule has 1 aliphatic heterocycles. The maximum Gasteiger partial charge on any atom is 0.262 e. The third-order valence-corrected chi connectivity index (χ3v) is 5.36. The zero-order valence-electron chi connectivity index (χ0n) is 18.9. The standard InChI is InChI=1S/C26H20N2O7/c1-31-20-11-15(3-4-18(20)34-14-23(29)28-16-5-8-27-9-6-16)12-22-25(30)24-21(35-22)13-19-17(7-10-33-19)26(24)32-2/h3-13H,14H2,1-2H3,(H,27,28,29)/b22-12+. The second kappa shape index (κ2) is 9.22. The van der Waals surface area contributed by atoms with E-state index in [2.05, 4.69) is 10.3 Å². The molecule has 0 radical (unpaired) electrons. The average molecular weight is 472 g/mol. The lowest BCUT2D eigenvalue weighted by Crippen LogP contribution is -2.20. The van der Waals surface area contributed by atoms with Crippen LogP contribution in [0.4, 0.5) is 5.69 Å². The van der Waals surface area contributed by atoms with E-state index in [1.165, 1.54) is 20.5 Å². The molecule has 1 amide bonds. The molecule has 1 aliphatic rings. The maximum absolute atomic E-state index is 13.1. The summed E-state index contributed by atoms with van der Waals surface area (Å²) in [6.07, 6.45) is 6.30. The SMILES string of the molecule is COc1cc(/C=C2/Oc3cc4occc4c(OC)c3C2=O)ccc1OCC(=O)Nc1ccncc1. The van der Waals surface area contributed by atoms with Crippen LogP contribution in [0.3, 0.4) is 0 Å². The van der Waals surface area contributed by atoms with Gasteiger partial charge in [0, 0.05) is 24.1 Å². The third-order valence-electron chi connectivity index (χ3n) is 5.36. The molecule has 2 aromatic heterocycles. The molecular formula is C26H20N2O7. The van der Waals surface area contributed by atoms with Gasteiger partial charge in [-0.2, -0.15) is 0 Å². The smallest absolute Gasteiger partial charge is 0.262 e. The van der Waals surface area contributed by atoms with Crippen LogP contribution in [0.2, 0.25) is 0 Å². The Kier molecular flexibility index (Phi) is 5.80. The fourth-order valence-electron chi connectivity index (χ4n) is 3.77. The Hall–Kier alpha value is -4.79. The van der Waals surface area contributed by atoms with Gasteiger partial charge in [0.05, 0.1) is 25.9 Å². The van der Waals surface area contributed by atoms with E-state index in [0.29, 0.717) is 50.8 Å². The van der Waals surface area contributed by atoms with Gasteiger partial charge in [0.2, 0.25) is 5.78 Å². The minimum atomic E-state index is -0.327. The first-order valence-corrected chi connectivity index (χ1v) is 10.6. The predicted molar refractivity (Wildman–Crippen MR) is 127 cm³/mol. The van der Waals surface area contributed by atoms with Crippen LogP contribution < -0.4 is 24.3 Å². The summed E-state index contributed by atoms with van der Waals surface area (Å²) < 4.78 is 27.8. The van der Waals surface area contributed by atoms with Crippen LogP contribution in [0.15, 0.2) is 71.3 Å². The summed E-state index contributed by atoms with van der Waals surface area (Å²) in [7, 11) is 2.99. The number of ketones is 1. The van der Waals surface area contributed by atoms with Crippen molar-refractivity contribution in [3.8, 4) is 23.0 Å². The van der Waals surface area contributed by atoms with Crippen molar-refractivity contribution in [1.82, 2.24) is 4.98 Å². The Morgan fingerprint density at radius 1 is 1.06 bits per heavy atom. The van der Waals surface area contributed by atoms with Crippen LogP contribution in [0, 0.1) is 0 Å². The summed E-state index contributed by atoms with van der Waals surface area (Å²) in [5, 5.41) is 3.41. The number of nitrogens with one attached hydrogen (secondary N) is 1. The van der Waals surface area contributed by atoms with Gasteiger partial charge in [-0.15, -0.1) is 0 Å². The minimum Gasteiger partial charge on any atom is -0.495 e. The molecule has 0 bridgehead atoms. The van der Waals surface area contributed by atoms with E-state index in [9.17, 15) is 9.59 Å². The number of furan rings is 1. The number of Topliss-reactive ketones (excluding diaryl/α,β-unsaturated/α-hetero) is 1. The highest BCUT2D eigenvalue weighted by atomic mass is 16.5. The van der Waals surface area contributed by atoms with Crippen molar-refractivity contribution in [1.29, 1.82) is 0 Å². The van der Waals surface area contributed by atoms with E-state index >= 15 is 0 Å². The Morgan fingerprint density at radius 3 is 2.66 bits per heavy atom. The lowest BCUT2D eigenvalue weighted by molar-refractivity contribution is -0.118. The summed E-state index contributed by atoms with van der Waals surface area (Å²) in [6.45, 7) is -0.211. The molecule has 0 unspecified atom stereocenters. The Labute approximate surface area is 199 Å². The molecule has 3 heterocycles. The van der Waals surface area contributed by atoms with Crippen LogP contribution >= 0.6 is 0 Å². The van der Waals surface area contributed by atoms with Gasteiger partial charge in [-0.05, 0) is 42.0 Å². The van der Waals surface area contributed by atoms with Crippen LogP contribution in [-0.2, 0) is 4.79 Å². The number of rotatable bonds is 7. The molecule has 1 N–H and O–H groups in total. The first kappa shape index (κ1) is 22.0. The number of hydrogen-bond acceptors (Lipinski definition) is 8. The lowest BCUT2D eigenvalue weighted by Gasteiger charge is -2.11. The van der Waals surface area contributed by atoms with Crippen LogP contribution in [0.5, 0.6) is 23.0 Å². The molecule has 176 valence electrons. The van der Waals surface area contributed by atoms with Crippen molar-refractivity contribution < 1.29 is 33.0 Å². The highest BCUT2D eigenvalue weighted by Crippen LogP contribution is 2.43. The molecule has 9 nitrogen and oxygen atoms in total. The first-order valence-electron chi connectivity index (χ1n) is 10.6. The minimum absolute atomic E-state index is 0.137. The molecule has 0 saturated carbocycles. The number of fused-ring (bicyclic) bond motifs is 2. The normalized spacial score (nSPS) is 13.4. The van der Waals surface area contributed by atoms with Gasteiger partial charge in [-0.3, -0.25) is 14.6 Å². The number of pyridine rings is 1. The fraction of sp³-hybridized carbons (Fsp3) is 0.115. The zero-order chi connectivity index (χ0) is 24.4. The number of benzene rings is 2. The van der Waals surface area contributed by atoms with E-state index in [0.717, 1.165) is 0 Å². The van der Waals surface area contributed by atoms with E-state index in [1.54, 1.807) is 60.9 Å². The number of nitrogens with zero attached hydrogens (tertiary/aromatic N) is 1. The molecule has 9 heteroatoms. The number of anilines is 1. The monoisotopic (exact) mass is 472 g/mol. The fourth-order valence-corrected chi connectivity index (χ4v) is 3.77. The van der Waals surface area contributed by atoms with Gasteiger partial charge in [0.1, 0.15) is 22.6 Å².